The smallest absolute Gasteiger partial charge is 0.351 e. The summed E-state index contributed by atoms with van der Waals surface area (Å²) in [7, 11) is 0. The average Bonchev–Trinajstić information content (AvgIpc) is 2.42. The van der Waals surface area contributed by atoms with E-state index < -0.39 is 5.97 Å². The van der Waals surface area contributed by atoms with Crippen molar-refractivity contribution in [3.63, 3.8) is 0 Å². The Morgan fingerprint density at radius 2 is 1.95 bits per heavy atom. The van der Waals surface area contributed by atoms with E-state index in [2.05, 4.69) is 10.5 Å². The number of hydrogen-bond donors (Lipinski definition) is 2. The number of carbonyl (C=O) groups is 2. The lowest BCUT2D eigenvalue weighted by Crippen LogP contribution is -2.35. The molecule has 0 aliphatic heterocycles. The molecule has 2 N–H and O–H groups in total. The molecule has 6 heteroatoms. The highest BCUT2D eigenvalue weighted by Gasteiger charge is 2.09. The van der Waals surface area contributed by atoms with Crippen LogP contribution in [0.5, 0.6) is 0 Å². The summed E-state index contributed by atoms with van der Waals surface area (Å²) in [5.41, 5.74) is 3.00. The quantitative estimate of drug-likeness (QED) is 0.594. The van der Waals surface area contributed by atoms with E-state index in [-0.39, 0.29) is 18.2 Å². The lowest BCUT2D eigenvalue weighted by atomic mass is 10.3. The zero-order valence-electron chi connectivity index (χ0n) is 11.0. The summed E-state index contributed by atoms with van der Waals surface area (Å²) in [4.78, 5) is 24.0. The highest BCUT2D eigenvalue weighted by Crippen LogP contribution is 2.11. The summed E-state index contributed by atoms with van der Waals surface area (Å²) < 4.78 is 0. The molecule has 19 heavy (non-hydrogen) atoms. The van der Waals surface area contributed by atoms with Gasteiger partial charge in [-0.2, -0.15) is 5.10 Å². The summed E-state index contributed by atoms with van der Waals surface area (Å²) in [5, 5.41) is 12.1. The van der Waals surface area contributed by atoms with Crippen LogP contribution in [0.3, 0.4) is 0 Å². The van der Waals surface area contributed by atoms with Gasteiger partial charge in [0, 0.05) is 12.2 Å². The van der Waals surface area contributed by atoms with Crippen LogP contribution in [0.4, 0.5) is 5.69 Å². The van der Waals surface area contributed by atoms with Crippen molar-refractivity contribution >= 4 is 23.3 Å². The molecule has 0 unspecified atom stereocenters. The number of aliphatic carboxylic acids is 1. The van der Waals surface area contributed by atoms with Crippen LogP contribution >= 0.6 is 0 Å². The Morgan fingerprint density at radius 3 is 2.47 bits per heavy atom. The maximum atomic E-state index is 11.7. The molecule has 0 aliphatic carbocycles. The molecule has 0 radical (unpaired) electrons. The van der Waals surface area contributed by atoms with Crippen LogP contribution < -0.4 is 10.3 Å². The molecular formula is C13H17N3O3. The van der Waals surface area contributed by atoms with Crippen LogP contribution in [0.25, 0.3) is 0 Å². The SMILES string of the molecule is CCN(CC(=O)N/N=C(\C)C(=O)O)c1ccccc1. The Labute approximate surface area is 111 Å². The third-order valence-corrected chi connectivity index (χ3v) is 2.50. The van der Waals surface area contributed by atoms with Crippen molar-refractivity contribution in [1.29, 1.82) is 0 Å². The van der Waals surface area contributed by atoms with Crippen LogP contribution in [-0.4, -0.2) is 35.8 Å². The van der Waals surface area contributed by atoms with Gasteiger partial charge in [-0.1, -0.05) is 18.2 Å². The molecule has 0 bridgehead atoms. The highest BCUT2D eigenvalue weighted by atomic mass is 16.4. The lowest BCUT2D eigenvalue weighted by Gasteiger charge is -2.21. The van der Waals surface area contributed by atoms with Crippen LogP contribution in [0.15, 0.2) is 35.4 Å². The Kier molecular flexibility index (Phi) is 5.53. The third-order valence-electron chi connectivity index (χ3n) is 2.50. The number of carboxylic acids is 1. The van der Waals surface area contributed by atoms with Crippen LogP contribution in [0.2, 0.25) is 0 Å². The van der Waals surface area contributed by atoms with Gasteiger partial charge >= 0.3 is 5.97 Å². The van der Waals surface area contributed by atoms with Crippen molar-refractivity contribution in [3.8, 4) is 0 Å². The van der Waals surface area contributed by atoms with E-state index in [1.165, 1.54) is 6.92 Å². The first-order valence-electron chi connectivity index (χ1n) is 5.91. The van der Waals surface area contributed by atoms with Gasteiger partial charge in [0.25, 0.3) is 5.91 Å². The van der Waals surface area contributed by atoms with Crippen LogP contribution in [0.1, 0.15) is 13.8 Å². The number of para-hydroxylation sites is 1. The fourth-order valence-electron chi connectivity index (χ4n) is 1.43. The molecule has 6 nitrogen and oxygen atoms in total. The minimum absolute atomic E-state index is 0.122. The minimum Gasteiger partial charge on any atom is -0.477 e. The van der Waals surface area contributed by atoms with E-state index in [4.69, 9.17) is 5.11 Å². The zero-order chi connectivity index (χ0) is 14.3. The van der Waals surface area contributed by atoms with Crippen molar-refractivity contribution < 1.29 is 14.7 Å². The fraction of sp³-hybridized carbons (Fsp3) is 0.308. The second-order valence-electron chi connectivity index (χ2n) is 3.89. The van der Waals surface area contributed by atoms with E-state index in [1.54, 1.807) is 0 Å². The second-order valence-corrected chi connectivity index (χ2v) is 3.89. The number of hydrogen-bond acceptors (Lipinski definition) is 4. The predicted molar refractivity (Wildman–Crippen MR) is 73.2 cm³/mol. The van der Waals surface area contributed by atoms with Gasteiger partial charge in [0.15, 0.2) is 0 Å². The zero-order valence-corrected chi connectivity index (χ0v) is 11.0. The number of rotatable bonds is 6. The lowest BCUT2D eigenvalue weighted by molar-refractivity contribution is -0.129. The topological polar surface area (TPSA) is 82.0 Å². The molecular weight excluding hydrogens is 246 g/mol. The van der Waals surface area contributed by atoms with Gasteiger partial charge < -0.3 is 10.0 Å². The molecule has 102 valence electrons. The van der Waals surface area contributed by atoms with Crippen molar-refractivity contribution in [1.82, 2.24) is 5.43 Å². The van der Waals surface area contributed by atoms with Gasteiger partial charge in [0.05, 0.1) is 6.54 Å². The summed E-state index contributed by atoms with van der Waals surface area (Å²) in [6.07, 6.45) is 0. The molecule has 0 heterocycles. The van der Waals surface area contributed by atoms with Crippen LogP contribution in [0, 0.1) is 0 Å². The fourth-order valence-corrected chi connectivity index (χ4v) is 1.43. The molecule has 0 spiro atoms. The number of nitrogens with one attached hydrogen (secondary N) is 1. The first-order chi connectivity index (χ1) is 9.04. The average molecular weight is 263 g/mol. The molecule has 0 saturated heterocycles. The van der Waals surface area contributed by atoms with E-state index in [0.717, 1.165) is 5.69 Å². The van der Waals surface area contributed by atoms with Crippen molar-refractivity contribution in [2.45, 2.75) is 13.8 Å². The Bertz CT molecular complexity index is 471. The number of carbonyl (C=O) groups excluding carboxylic acids is 1. The number of benzene rings is 1. The van der Waals surface area contributed by atoms with E-state index in [0.29, 0.717) is 6.54 Å². The van der Waals surface area contributed by atoms with E-state index in [1.807, 2.05) is 42.2 Å². The molecule has 1 amide bonds. The maximum Gasteiger partial charge on any atom is 0.351 e. The molecule has 0 saturated carbocycles. The van der Waals surface area contributed by atoms with Crippen molar-refractivity contribution in [2.24, 2.45) is 5.10 Å². The Balaban J connectivity index is 2.60. The van der Waals surface area contributed by atoms with Gasteiger partial charge in [-0.15, -0.1) is 0 Å². The van der Waals surface area contributed by atoms with Gasteiger partial charge in [-0.05, 0) is 26.0 Å². The van der Waals surface area contributed by atoms with Gasteiger partial charge in [0.1, 0.15) is 5.71 Å². The second kappa shape index (κ2) is 7.15. The maximum absolute atomic E-state index is 11.7. The standard InChI is InChI=1S/C13H17N3O3/c1-3-16(11-7-5-4-6-8-11)9-12(17)15-14-10(2)13(18)19/h4-8H,3,9H2,1-2H3,(H,15,17)(H,18,19)/b14-10+. The number of hydrazone groups is 1. The predicted octanol–water partition coefficient (Wildman–Crippen LogP) is 1.09. The summed E-state index contributed by atoms with van der Waals surface area (Å²) in [6.45, 7) is 4.04. The monoisotopic (exact) mass is 263 g/mol. The van der Waals surface area contributed by atoms with E-state index in [9.17, 15) is 9.59 Å². The minimum atomic E-state index is -1.16. The normalized spacial score (nSPS) is 10.9. The molecule has 1 aromatic rings. The Hall–Kier alpha value is -2.37. The Morgan fingerprint density at radius 1 is 1.32 bits per heavy atom. The molecule has 1 aromatic carbocycles. The van der Waals surface area contributed by atoms with Gasteiger partial charge in [-0.3, -0.25) is 4.79 Å². The summed E-state index contributed by atoms with van der Waals surface area (Å²) in [6, 6.07) is 9.49. The van der Waals surface area contributed by atoms with Crippen molar-refractivity contribution in [3.05, 3.63) is 30.3 Å². The number of carboxylic acid groups (broad SMARTS) is 1. The third kappa shape index (κ3) is 4.79. The number of anilines is 1. The largest absolute Gasteiger partial charge is 0.477 e. The first kappa shape index (κ1) is 14.7. The molecule has 0 atom stereocenters. The number of likely N-dealkylation sites (N-methyl/N-ethyl adjacent to an activating group) is 1. The summed E-state index contributed by atoms with van der Waals surface area (Å²) >= 11 is 0. The molecule has 1 rings (SSSR count). The molecule has 0 aromatic heterocycles. The highest BCUT2D eigenvalue weighted by molar-refractivity contribution is 6.34. The van der Waals surface area contributed by atoms with Gasteiger partial charge in [0.2, 0.25) is 0 Å². The van der Waals surface area contributed by atoms with Crippen LogP contribution in [-0.2, 0) is 9.59 Å². The summed E-state index contributed by atoms with van der Waals surface area (Å²) in [5.74, 6) is -1.51. The van der Waals surface area contributed by atoms with Gasteiger partial charge in [-0.25, -0.2) is 10.2 Å². The van der Waals surface area contributed by atoms with Crippen molar-refractivity contribution in [2.75, 3.05) is 18.0 Å². The number of nitrogens with zero attached hydrogens (tertiary/aromatic N) is 2. The molecule has 0 aliphatic rings. The molecule has 0 fully saturated rings. The van der Waals surface area contributed by atoms with E-state index >= 15 is 0 Å². The number of amides is 1. The first-order valence-corrected chi connectivity index (χ1v) is 5.91.